The molecule has 0 N–H and O–H groups in total. The Hall–Kier alpha value is -3.77. The van der Waals surface area contributed by atoms with Gasteiger partial charge in [-0.2, -0.15) is 20.5 Å². The molecule has 0 fully saturated rings. The molecule has 0 saturated heterocycles. The lowest BCUT2D eigenvalue weighted by Crippen LogP contribution is -2.15. The van der Waals surface area contributed by atoms with Crippen molar-refractivity contribution in [3.63, 3.8) is 0 Å². The molecule has 6 heteroatoms. The van der Waals surface area contributed by atoms with E-state index in [-0.39, 0.29) is 0 Å². The molecule has 0 aliphatic heterocycles. The topological polar surface area (TPSA) is 89.5 Å². The average Bonchev–Trinajstić information content (AvgIpc) is 2.67. The van der Waals surface area contributed by atoms with Crippen LogP contribution >= 0.6 is 0 Å². The Bertz CT molecular complexity index is 935. The predicted molar refractivity (Wildman–Crippen MR) is 94.5 cm³/mol. The van der Waals surface area contributed by atoms with Crippen LogP contribution < -0.4 is 4.90 Å². The van der Waals surface area contributed by atoms with Crippen LogP contribution in [0.4, 0.5) is 5.95 Å². The van der Waals surface area contributed by atoms with Gasteiger partial charge < -0.3 is 4.90 Å². The highest BCUT2D eigenvalue weighted by molar-refractivity contribution is 5.70. The SMILES string of the molecule is CN(C)c1nc(-c2ccccc2C#N)nc(-c2ccccc2C#N)n1. The summed E-state index contributed by atoms with van der Waals surface area (Å²) in [5, 5.41) is 18.7. The molecule has 3 aromatic rings. The molecule has 0 saturated carbocycles. The molecule has 0 atom stereocenters. The van der Waals surface area contributed by atoms with Crippen molar-refractivity contribution in [1.29, 1.82) is 10.5 Å². The molecule has 0 radical (unpaired) electrons. The minimum atomic E-state index is 0.401. The minimum Gasteiger partial charge on any atom is -0.347 e. The first-order valence-corrected chi connectivity index (χ1v) is 7.56. The third-order valence-electron chi connectivity index (χ3n) is 3.60. The summed E-state index contributed by atoms with van der Waals surface area (Å²) in [5.41, 5.74) is 2.23. The van der Waals surface area contributed by atoms with E-state index in [2.05, 4.69) is 27.1 Å². The number of benzene rings is 2. The highest BCUT2D eigenvalue weighted by Gasteiger charge is 2.15. The van der Waals surface area contributed by atoms with Crippen LogP contribution in [0.2, 0.25) is 0 Å². The molecule has 6 nitrogen and oxygen atoms in total. The molecule has 0 spiro atoms. The molecule has 0 unspecified atom stereocenters. The van der Waals surface area contributed by atoms with Crippen molar-refractivity contribution in [3.05, 3.63) is 59.7 Å². The molecule has 0 amide bonds. The van der Waals surface area contributed by atoms with E-state index in [4.69, 9.17) is 0 Å². The van der Waals surface area contributed by atoms with Crippen molar-refractivity contribution in [3.8, 4) is 34.9 Å². The molecular formula is C19H14N6. The summed E-state index contributed by atoms with van der Waals surface area (Å²) in [5.74, 6) is 1.26. The second kappa shape index (κ2) is 6.77. The summed E-state index contributed by atoms with van der Waals surface area (Å²) in [6.45, 7) is 0. The monoisotopic (exact) mass is 326 g/mol. The molecule has 25 heavy (non-hydrogen) atoms. The minimum absolute atomic E-state index is 0.401. The quantitative estimate of drug-likeness (QED) is 0.735. The molecule has 0 aliphatic rings. The lowest BCUT2D eigenvalue weighted by Gasteiger charge is -2.14. The zero-order valence-corrected chi connectivity index (χ0v) is 13.8. The smallest absolute Gasteiger partial charge is 0.228 e. The molecule has 120 valence electrons. The number of hydrogen-bond acceptors (Lipinski definition) is 6. The molecular weight excluding hydrogens is 312 g/mol. The van der Waals surface area contributed by atoms with Gasteiger partial charge in [-0.05, 0) is 24.3 Å². The molecule has 0 bridgehead atoms. The van der Waals surface area contributed by atoms with E-state index in [1.54, 1.807) is 41.3 Å². The summed E-state index contributed by atoms with van der Waals surface area (Å²) in [4.78, 5) is 15.2. The fourth-order valence-electron chi connectivity index (χ4n) is 2.36. The molecule has 3 rings (SSSR count). The van der Waals surface area contributed by atoms with Gasteiger partial charge in [-0.1, -0.05) is 24.3 Å². The Labute approximate surface area is 145 Å². The van der Waals surface area contributed by atoms with Gasteiger partial charge in [0.25, 0.3) is 0 Å². The summed E-state index contributed by atoms with van der Waals surface area (Å²) in [6, 6.07) is 18.6. The van der Waals surface area contributed by atoms with E-state index >= 15 is 0 Å². The van der Waals surface area contributed by atoms with Gasteiger partial charge in [0, 0.05) is 25.2 Å². The van der Waals surface area contributed by atoms with Crippen LogP contribution in [0.15, 0.2) is 48.5 Å². The number of rotatable bonds is 3. The second-order valence-corrected chi connectivity index (χ2v) is 5.49. The van der Waals surface area contributed by atoms with Crippen LogP contribution in [0.3, 0.4) is 0 Å². The van der Waals surface area contributed by atoms with Gasteiger partial charge in [-0.15, -0.1) is 0 Å². The van der Waals surface area contributed by atoms with Gasteiger partial charge >= 0.3 is 0 Å². The number of nitrogens with zero attached hydrogens (tertiary/aromatic N) is 6. The van der Waals surface area contributed by atoms with Crippen molar-refractivity contribution in [2.45, 2.75) is 0 Å². The summed E-state index contributed by atoms with van der Waals surface area (Å²) in [7, 11) is 3.66. The zero-order chi connectivity index (χ0) is 17.8. The Balaban J connectivity index is 2.27. The van der Waals surface area contributed by atoms with Crippen molar-refractivity contribution in [2.75, 3.05) is 19.0 Å². The molecule has 0 aliphatic carbocycles. The van der Waals surface area contributed by atoms with E-state index in [9.17, 15) is 10.5 Å². The van der Waals surface area contributed by atoms with E-state index < -0.39 is 0 Å². The number of anilines is 1. The third-order valence-corrected chi connectivity index (χ3v) is 3.60. The molecule has 2 aromatic carbocycles. The normalized spacial score (nSPS) is 9.92. The summed E-state index contributed by atoms with van der Waals surface area (Å²) >= 11 is 0. The lowest BCUT2D eigenvalue weighted by atomic mass is 10.1. The first kappa shape index (κ1) is 16.1. The Morgan fingerprint density at radius 2 is 1.16 bits per heavy atom. The molecule has 1 heterocycles. The third kappa shape index (κ3) is 3.15. The van der Waals surface area contributed by atoms with E-state index in [0.29, 0.717) is 39.9 Å². The van der Waals surface area contributed by atoms with Gasteiger partial charge in [0.15, 0.2) is 11.6 Å². The average molecular weight is 326 g/mol. The lowest BCUT2D eigenvalue weighted by molar-refractivity contribution is 0.966. The van der Waals surface area contributed by atoms with Gasteiger partial charge in [-0.3, -0.25) is 0 Å². The van der Waals surface area contributed by atoms with E-state index in [1.807, 2.05) is 26.2 Å². The van der Waals surface area contributed by atoms with Crippen LogP contribution in [0, 0.1) is 22.7 Å². The predicted octanol–water partition coefficient (Wildman–Crippen LogP) is 3.01. The van der Waals surface area contributed by atoms with Crippen molar-refractivity contribution in [2.24, 2.45) is 0 Å². The maximum absolute atomic E-state index is 9.35. The van der Waals surface area contributed by atoms with Crippen LogP contribution in [-0.4, -0.2) is 29.0 Å². The maximum atomic E-state index is 9.35. The van der Waals surface area contributed by atoms with Crippen LogP contribution in [-0.2, 0) is 0 Å². The van der Waals surface area contributed by atoms with E-state index in [1.165, 1.54) is 0 Å². The Kier molecular flexibility index (Phi) is 4.36. The van der Waals surface area contributed by atoms with Gasteiger partial charge in [0.1, 0.15) is 0 Å². The number of hydrogen-bond donors (Lipinski definition) is 0. The standard InChI is InChI=1S/C19H14N6/c1-25(2)19-23-17(15-9-5-3-7-13(15)11-20)22-18(24-19)16-10-6-4-8-14(16)12-21/h3-10H,1-2H3. The second-order valence-electron chi connectivity index (χ2n) is 5.49. The van der Waals surface area contributed by atoms with Crippen molar-refractivity contribution in [1.82, 2.24) is 15.0 Å². The zero-order valence-electron chi connectivity index (χ0n) is 13.8. The van der Waals surface area contributed by atoms with E-state index in [0.717, 1.165) is 0 Å². The first-order chi connectivity index (χ1) is 12.1. The first-order valence-electron chi connectivity index (χ1n) is 7.56. The Morgan fingerprint density at radius 1 is 0.720 bits per heavy atom. The fraction of sp³-hybridized carbons (Fsp3) is 0.105. The maximum Gasteiger partial charge on any atom is 0.228 e. The van der Waals surface area contributed by atoms with Gasteiger partial charge in [0.2, 0.25) is 5.95 Å². The van der Waals surface area contributed by atoms with Crippen molar-refractivity contribution < 1.29 is 0 Å². The summed E-state index contributed by atoms with van der Waals surface area (Å²) < 4.78 is 0. The van der Waals surface area contributed by atoms with Gasteiger partial charge in [0.05, 0.1) is 23.3 Å². The number of nitriles is 2. The van der Waals surface area contributed by atoms with Crippen molar-refractivity contribution >= 4 is 5.95 Å². The van der Waals surface area contributed by atoms with Crippen LogP contribution in [0.5, 0.6) is 0 Å². The fourth-order valence-corrected chi connectivity index (χ4v) is 2.36. The molecule has 1 aromatic heterocycles. The van der Waals surface area contributed by atoms with Gasteiger partial charge in [-0.25, -0.2) is 4.98 Å². The summed E-state index contributed by atoms with van der Waals surface area (Å²) in [6.07, 6.45) is 0. The highest BCUT2D eigenvalue weighted by Crippen LogP contribution is 2.26. The van der Waals surface area contributed by atoms with Crippen LogP contribution in [0.25, 0.3) is 22.8 Å². The van der Waals surface area contributed by atoms with Crippen LogP contribution in [0.1, 0.15) is 11.1 Å². The largest absolute Gasteiger partial charge is 0.347 e. The highest BCUT2D eigenvalue weighted by atomic mass is 15.2. The Morgan fingerprint density at radius 3 is 1.56 bits per heavy atom. The number of aromatic nitrogens is 3.